The third kappa shape index (κ3) is 2.28. The van der Waals surface area contributed by atoms with Crippen molar-refractivity contribution in [3.05, 3.63) is 35.9 Å². The minimum atomic E-state index is 0.132. The van der Waals surface area contributed by atoms with Gasteiger partial charge >= 0.3 is 0 Å². The molecule has 1 fully saturated rings. The second kappa shape index (κ2) is 4.19. The van der Waals surface area contributed by atoms with Crippen LogP contribution in [0.15, 0.2) is 30.3 Å². The fourth-order valence-electron chi connectivity index (χ4n) is 2.09. The molecule has 2 heteroatoms. The fourth-order valence-corrected chi connectivity index (χ4v) is 2.09. The van der Waals surface area contributed by atoms with Crippen molar-refractivity contribution in [1.82, 2.24) is 5.32 Å². The van der Waals surface area contributed by atoms with E-state index in [2.05, 4.69) is 57.3 Å². The molecule has 1 N–H and O–H groups in total. The van der Waals surface area contributed by atoms with E-state index in [-0.39, 0.29) is 17.7 Å². The van der Waals surface area contributed by atoms with E-state index in [0.29, 0.717) is 6.04 Å². The maximum absolute atomic E-state index is 6.11. The maximum atomic E-state index is 6.11. The van der Waals surface area contributed by atoms with Crippen LogP contribution >= 0.6 is 0 Å². The summed E-state index contributed by atoms with van der Waals surface area (Å²) in [7, 11) is 0. The van der Waals surface area contributed by atoms with Gasteiger partial charge in [0.2, 0.25) is 0 Å². The average molecular weight is 219 g/mol. The van der Waals surface area contributed by atoms with Crippen LogP contribution in [0.5, 0.6) is 0 Å². The summed E-state index contributed by atoms with van der Waals surface area (Å²) in [6.45, 7) is 8.78. The molecule has 0 spiro atoms. The van der Waals surface area contributed by atoms with Gasteiger partial charge in [0.05, 0.1) is 6.10 Å². The first-order valence-electron chi connectivity index (χ1n) is 5.95. The maximum Gasteiger partial charge on any atom is 0.114 e. The van der Waals surface area contributed by atoms with Crippen molar-refractivity contribution in [2.24, 2.45) is 5.41 Å². The molecule has 16 heavy (non-hydrogen) atoms. The fraction of sp³-hybridized carbons (Fsp3) is 0.571. The second-order valence-corrected chi connectivity index (χ2v) is 5.67. The zero-order valence-electron chi connectivity index (χ0n) is 10.5. The summed E-state index contributed by atoms with van der Waals surface area (Å²) >= 11 is 0. The number of hydrogen-bond donors (Lipinski definition) is 1. The Labute approximate surface area is 98.0 Å². The van der Waals surface area contributed by atoms with Crippen LogP contribution in [0, 0.1) is 5.41 Å². The van der Waals surface area contributed by atoms with Gasteiger partial charge < -0.3 is 4.74 Å². The van der Waals surface area contributed by atoms with E-state index in [9.17, 15) is 0 Å². The molecule has 1 aromatic carbocycles. The topological polar surface area (TPSA) is 21.3 Å². The van der Waals surface area contributed by atoms with E-state index < -0.39 is 0 Å². The highest BCUT2D eigenvalue weighted by Crippen LogP contribution is 2.34. The predicted octanol–water partition coefficient (Wildman–Crippen LogP) is 3.11. The highest BCUT2D eigenvalue weighted by atomic mass is 16.5. The van der Waals surface area contributed by atoms with Gasteiger partial charge in [0.1, 0.15) is 6.23 Å². The van der Waals surface area contributed by atoms with E-state index in [1.807, 2.05) is 6.07 Å². The number of ether oxygens (including phenoxy) is 1. The molecule has 88 valence electrons. The molecule has 0 aliphatic carbocycles. The molecule has 0 saturated carbocycles. The lowest BCUT2D eigenvalue weighted by molar-refractivity contribution is -0.0250. The quantitative estimate of drug-likeness (QED) is 0.783. The zero-order chi connectivity index (χ0) is 11.8. The molecule has 0 radical (unpaired) electrons. The lowest BCUT2D eigenvalue weighted by Crippen LogP contribution is -2.38. The largest absolute Gasteiger partial charge is 0.353 e. The third-order valence-corrected chi connectivity index (χ3v) is 3.07. The molecule has 3 atom stereocenters. The van der Waals surface area contributed by atoms with Crippen LogP contribution in [-0.2, 0) is 4.74 Å². The SMILES string of the molecule is C[C@@H]1NC(C(C)(C)C)O[C@@H]1c1ccccc1. The number of rotatable bonds is 1. The molecule has 0 aromatic heterocycles. The van der Waals surface area contributed by atoms with Crippen LogP contribution in [-0.4, -0.2) is 12.3 Å². The van der Waals surface area contributed by atoms with Gasteiger partial charge in [-0.2, -0.15) is 0 Å². The van der Waals surface area contributed by atoms with Crippen molar-refractivity contribution >= 4 is 0 Å². The second-order valence-electron chi connectivity index (χ2n) is 5.67. The Morgan fingerprint density at radius 2 is 1.75 bits per heavy atom. The summed E-state index contributed by atoms with van der Waals surface area (Å²) in [5.74, 6) is 0. The molecular weight excluding hydrogens is 198 g/mol. The molecule has 2 rings (SSSR count). The molecule has 1 saturated heterocycles. The summed E-state index contributed by atoms with van der Waals surface area (Å²) in [6, 6.07) is 10.8. The van der Waals surface area contributed by atoms with Gasteiger partial charge in [-0.15, -0.1) is 0 Å². The predicted molar refractivity (Wildman–Crippen MR) is 66.1 cm³/mol. The number of nitrogens with one attached hydrogen (secondary N) is 1. The first kappa shape index (κ1) is 11.6. The summed E-state index contributed by atoms with van der Waals surface area (Å²) in [5, 5.41) is 3.52. The lowest BCUT2D eigenvalue weighted by Gasteiger charge is -2.26. The normalized spacial score (nSPS) is 30.6. The molecule has 1 unspecified atom stereocenters. The minimum absolute atomic E-state index is 0.132. The van der Waals surface area contributed by atoms with Gasteiger partial charge in [0.25, 0.3) is 0 Å². The van der Waals surface area contributed by atoms with Gasteiger partial charge in [-0.05, 0) is 12.5 Å². The molecule has 0 bridgehead atoms. The molecule has 1 aliphatic rings. The highest BCUT2D eigenvalue weighted by Gasteiger charge is 2.38. The average Bonchev–Trinajstić information content (AvgIpc) is 2.61. The lowest BCUT2D eigenvalue weighted by atomic mass is 9.94. The van der Waals surface area contributed by atoms with Crippen molar-refractivity contribution in [1.29, 1.82) is 0 Å². The molecular formula is C14H21NO. The van der Waals surface area contributed by atoms with Gasteiger partial charge in [-0.25, -0.2) is 0 Å². The Morgan fingerprint density at radius 3 is 2.25 bits per heavy atom. The highest BCUT2D eigenvalue weighted by molar-refractivity contribution is 5.20. The smallest absolute Gasteiger partial charge is 0.114 e. The summed E-state index contributed by atoms with van der Waals surface area (Å²) in [4.78, 5) is 0. The molecule has 1 aliphatic heterocycles. The zero-order valence-corrected chi connectivity index (χ0v) is 10.5. The summed E-state index contributed by atoms with van der Waals surface area (Å²) in [5.41, 5.74) is 1.40. The van der Waals surface area contributed by atoms with Crippen molar-refractivity contribution in [3.63, 3.8) is 0 Å². The van der Waals surface area contributed by atoms with Gasteiger partial charge in [0.15, 0.2) is 0 Å². The Hall–Kier alpha value is -0.860. The van der Waals surface area contributed by atoms with Crippen molar-refractivity contribution in [2.75, 3.05) is 0 Å². The minimum Gasteiger partial charge on any atom is -0.353 e. The van der Waals surface area contributed by atoms with E-state index >= 15 is 0 Å². The third-order valence-electron chi connectivity index (χ3n) is 3.07. The van der Waals surface area contributed by atoms with Gasteiger partial charge in [0, 0.05) is 11.5 Å². The van der Waals surface area contributed by atoms with E-state index in [0.717, 1.165) is 0 Å². The van der Waals surface area contributed by atoms with Crippen LogP contribution in [0.3, 0.4) is 0 Å². The Morgan fingerprint density at radius 1 is 1.12 bits per heavy atom. The van der Waals surface area contributed by atoms with Crippen LogP contribution < -0.4 is 5.32 Å². The van der Waals surface area contributed by atoms with E-state index in [1.54, 1.807) is 0 Å². The van der Waals surface area contributed by atoms with Crippen molar-refractivity contribution in [2.45, 2.75) is 46.1 Å². The van der Waals surface area contributed by atoms with Crippen LogP contribution in [0.2, 0.25) is 0 Å². The molecule has 2 nitrogen and oxygen atoms in total. The monoisotopic (exact) mass is 219 g/mol. The molecule has 0 amide bonds. The standard InChI is InChI=1S/C14H21NO/c1-10-12(11-8-6-5-7-9-11)16-13(15-10)14(2,3)4/h5-10,12-13,15H,1-4H3/t10-,12-,13?/m0/s1. The van der Waals surface area contributed by atoms with Crippen LogP contribution in [0.1, 0.15) is 39.4 Å². The number of hydrogen-bond acceptors (Lipinski definition) is 2. The van der Waals surface area contributed by atoms with Gasteiger partial charge in [-0.1, -0.05) is 51.1 Å². The Kier molecular flexibility index (Phi) is 3.04. The summed E-state index contributed by atoms with van der Waals surface area (Å²) in [6.07, 6.45) is 0.304. The van der Waals surface area contributed by atoms with Crippen LogP contribution in [0.25, 0.3) is 0 Å². The molecule has 1 heterocycles. The summed E-state index contributed by atoms with van der Waals surface area (Å²) < 4.78 is 6.11. The van der Waals surface area contributed by atoms with Crippen molar-refractivity contribution < 1.29 is 4.74 Å². The number of benzene rings is 1. The Bertz CT molecular complexity index is 342. The van der Waals surface area contributed by atoms with E-state index in [1.165, 1.54) is 5.56 Å². The van der Waals surface area contributed by atoms with Gasteiger partial charge in [-0.3, -0.25) is 5.32 Å². The molecule has 1 aromatic rings. The van der Waals surface area contributed by atoms with E-state index in [4.69, 9.17) is 4.74 Å². The van der Waals surface area contributed by atoms with Crippen LogP contribution in [0.4, 0.5) is 0 Å². The van der Waals surface area contributed by atoms with Crippen molar-refractivity contribution in [3.8, 4) is 0 Å². The first-order valence-corrected chi connectivity index (χ1v) is 5.95. The Balaban J connectivity index is 2.15. The first-order chi connectivity index (χ1) is 7.48.